The van der Waals surface area contributed by atoms with E-state index in [-0.39, 0.29) is 10.8 Å². The monoisotopic (exact) mass is 548 g/mol. The Labute approximate surface area is 226 Å². The number of fused-ring (bicyclic) bond motifs is 2. The van der Waals surface area contributed by atoms with E-state index in [1.807, 2.05) is 48.8 Å². The standard InChI is InChI=1S/C28H29FN6O3S/c1-33(2)13-14-35(4)39(37,38)21-9-7-20(8-10-21)31-27(18-5-12-25-24(15-18)30-17-34(25)3)26-22-11-6-19(29)16-23(22)32-28(26)36/h5-12,15-17,26H,13-14H2,1-4H3,(H,32,36). The first-order valence-electron chi connectivity index (χ1n) is 12.4. The zero-order chi connectivity index (χ0) is 27.9. The van der Waals surface area contributed by atoms with Crippen LogP contribution in [0.5, 0.6) is 0 Å². The van der Waals surface area contributed by atoms with Crippen LogP contribution in [0.1, 0.15) is 17.0 Å². The molecule has 0 spiro atoms. The molecule has 9 nitrogen and oxygen atoms in total. The Kier molecular flexibility index (Phi) is 7.06. The molecule has 1 amide bonds. The molecule has 1 aliphatic rings. The van der Waals surface area contributed by atoms with Crippen molar-refractivity contribution in [2.75, 3.05) is 39.5 Å². The van der Waals surface area contributed by atoms with E-state index in [0.717, 1.165) is 11.0 Å². The quantitative estimate of drug-likeness (QED) is 0.338. The number of likely N-dealkylation sites (N-methyl/N-ethyl adjacent to an activating group) is 2. The van der Waals surface area contributed by atoms with E-state index in [4.69, 9.17) is 4.99 Å². The van der Waals surface area contributed by atoms with Crippen molar-refractivity contribution in [3.05, 3.63) is 83.9 Å². The number of aryl methyl sites for hydroxylation is 1. The van der Waals surface area contributed by atoms with Gasteiger partial charge >= 0.3 is 0 Å². The van der Waals surface area contributed by atoms with E-state index in [1.165, 1.54) is 28.6 Å². The van der Waals surface area contributed by atoms with Crippen LogP contribution in [0, 0.1) is 5.82 Å². The lowest BCUT2D eigenvalue weighted by Crippen LogP contribution is -2.33. The number of imidazole rings is 1. The molecule has 4 aromatic rings. The van der Waals surface area contributed by atoms with E-state index < -0.39 is 21.8 Å². The fourth-order valence-electron chi connectivity index (χ4n) is 4.57. The summed E-state index contributed by atoms with van der Waals surface area (Å²) >= 11 is 0. The van der Waals surface area contributed by atoms with Crippen molar-refractivity contribution in [2.45, 2.75) is 10.8 Å². The van der Waals surface area contributed by atoms with Gasteiger partial charge in [0.25, 0.3) is 0 Å². The molecule has 3 aromatic carbocycles. The van der Waals surface area contributed by atoms with Gasteiger partial charge in [0, 0.05) is 32.9 Å². The summed E-state index contributed by atoms with van der Waals surface area (Å²) in [5, 5.41) is 2.76. The third-order valence-corrected chi connectivity index (χ3v) is 8.67. The molecule has 1 unspecified atom stereocenters. The lowest BCUT2D eigenvalue weighted by molar-refractivity contribution is -0.115. The summed E-state index contributed by atoms with van der Waals surface area (Å²) in [7, 11) is 3.54. The molecule has 0 aliphatic carbocycles. The van der Waals surface area contributed by atoms with Crippen molar-refractivity contribution >= 4 is 44.1 Å². The van der Waals surface area contributed by atoms with Crippen molar-refractivity contribution in [3.8, 4) is 0 Å². The van der Waals surface area contributed by atoms with Gasteiger partial charge in [0.2, 0.25) is 15.9 Å². The lowest BCUT2D eigenvalue weighted by Gasteiger charge is -2.19. The topological polar surface area (TPSA) is 99.9 Å². The maximum absolute atomic E-state index is 13.9. The average Bonchev–Trinajstić information content (AvgIpc) is 3.43. The minimum atomic E-state index is -3.67. The van der Waals surface area contributed by atoms with Crippen molar-refractivity contribution in [2.24, 2.45) is 12.0 Å². The second kappa shape index (κ2) is 10.3. The molecule has 5 rings (SSSR count). The van der Waals surface area contributed by atoms with Crippen molar-refractivity contribution in [1.29, 1.82) is 0 Å². The van der Waals surface area contributed by atoms with Crippen molar-refractivity contribution in [3.63, 3.8) is 0 Å². The highest BCUT2D eigenvalue weighted by Gasteiger charge is 2.36. The number of sulfonamides is 1. The Bertz CT molecular complexity index is 1700. The number of amides is 1. The van der Waals surface area contributed by atoms with Gasteiger partial charge in [-0.15, -0.1) is 0 Å². The highest BCUT2D eigenvalue weighted by atomic mass is 32.2. The minimum Gasteiger partial charge on any atom is -0.334 e. The third kappa shape index (κ3) is 5.20. The highest BCUT2D eigenvalue weighted by molar-refractivity contribution is 7.89. The predicted octanol–water partition coefficient (Wildman–Crippen LogP) is 3.75. The number of aliphatic imine (C=N–C) groups is 1. The molecule has 0 fully saturated rings. The van der Waals surface area contributed by atoms with Gasteiger partial charge in [0.05, 0.1) is 33.7 Å². The summed E-state index contributed by atoms with van der Waals surface area (Å²) in [4.78, 5) is 24.5. The average molecular weight is 549 g/mol. The Morgan fingerprint density at radius 2 is 1.79 bits per heavy atom. The van der Waals surface area contributed by atoms with Crippen LogP contribution in [0.3, 0.4) is 0 Å². The molecule has 202 valence electrons. The Morgan fingerprint density at radius 3 is 2.51 bits per heavy atom. The number of nitrogens with zero attached hydrogens (tertiary/aromatic N) is 5. The summed E-state index contributed by atoms with van der Waals surface area (Å²) in [5.74, 6) is -1.56. The van der Waals surface area contributed by atoms with Crippen molar-refractivity contribution < 1.29 is 17.6 Å². The molecule has 1 aliphatic heterocycles. The van der Waals surface area contributed by atoms with Gasteiger partial charge in [-0.25, -0.2) is 17.8 Å². The van der Waals surface area contributed by atoms with Crippen molar-refractivity contribution in [1.82, 2.24) is 18.8 Å². The van der Waals surface area contributed by atoms with E-state index in [1.54, 1.807) is 31.6 Å². The van der Waals surface area contributed by atoms with Crippen LogP contribution in [0.15, 0.2) is 76.9 Å². The van der Waals surface area contributed by atoms with Crippen LogP contribution >= 0.6 is 0 Å². The minimum absolute atomic E-state index is 0.151. The zero-order valence-electron chi connectivity index (χ0n) is 22.1. The van der Waals surface area contributed by atoms with Crippen LogP contribution in [0.4, 0.5) is 15.8 Å². The first-order chi connectivity index (χ1) is 18.5. The molecule has 0 saturated carbocycles. The summed E-state index contributed by atoms with van der Waals surface area (Å²) in [6.45, 7) is 0.948. The number of nitrogens with one attached hydrogen (secondary N) is 1. The summed E-state index contributed by atoms with van der Waals surface area (Å²) in [6.07, 6.45) is 1.71. The van der Waals surface area contributed by atoms with Crippen LogP contribution in [0.25, 0.3) is 11.0 Å². The molecule has 0 radical (unpaired) electrons. The van der Waals surface area contributed by atoms with Gasteiger partial charge in [-0.05, 0) is 73.8 Å². The largest absolute Gasteiger partial charge is 0.334 e. The normalized spacial score (nSPS) is 15.8. The summed E-state index contributed by atoms with van der Waals surface area (Å²) in [5.41, 5.74) is 4.28. The number of rotatable bonds is 8. The number of carbonyl (C=O) groups is 1. The number of aromatic nitrogens is 2. The third-order valence-electron chi connectivity index (χ3n) is 6.80. The Morgan fingerprint density at radius 1 is 1.05 bits per heavy atom. The molecule has 0 saturated heterocycles. The van der Waals surface area contributed by atoms with Gasteiger partial charge in [0.1, 0.15) is 11.7 Å². The van der Waals surface area contributed by atoms with Crippen LogP contribution in [-0.2, 0) is 21.9 Å². The molecule has 2 heterocycles. The zero-order valence-corrected chi connectivity index (χ0v) is 22.9. The number of hydrogen-bond acceptors (Lipinski definition) is 6. The number of halogens is 1. The number of anilines is 1. The second-order valence-electron chi connectivity index (χ2n) is 9.83. The first-order valence-corrected chi connectivity index (χ1v) is 13.8. The van der Waals surface area contributed by atoms with Crippen LogP contribution in [0.2, 0.25) is 0 Å². The molecular weight excluding hydrogens is 519 g/mol. The van der Waals surface area contributed by atoms with Gasteiger partial charge < -0.3 is 14.8 Å². The lowest BCUT2D eigenvalue weighted by atomic mass is 9.90. The van der Waals surface area contributed by atoms with Crippen LogP contribution < -0.4 is 5.32 Å². The van der Waals surface area contributed by atoms with Gasteiger partial charge in [-0.3, -0.25) is 9.79 Å². The smallest absolute Gasteiger partial charge is 0.242 e. The predicted molar refractivity (Wildman–Crippen MR) is 149 cm³/mol. The van der Waals surface area contributed by atoms with E-state index in [2.05, 4.69) is 10.3 Å². The summed E-state index contributed by atoms with van der Waals surface area (Å²) < 4.78 is 43.2. The molecule has 1 N–H and O–H groups in total. The molecular formula is C28H29FN6O3S. The van der Waals surface area contributed by atoms with Crippen LogP contribution in [-0.4, -0.2) is 73.0 Å². The first kappa shape index (κ1) is 26.7. The molecule has 1 atom stereocenters. The Hall–Kier alpha value is -3.93. The fraction of sp³-hybridized carbons (Fsp3) is 0.250. The number of benzene rings is 3. The highest BCUT2D eigenvalue weighted by Crippen LogP contribution is 2.37. The van der Waals surface area contributed by atoms with Gasteiger partial charge in [-0.1, -0.05) is 12.1 Å². The number of carbonyl (C=O) groups excluding carboxylic acids is 1. The van der Waals surface area contributed by atoms with E-state index in [0.29, 0.717) is 41.3 Å². The molecule has 11 heteroatoms. The van der Waals surface area contributed by atoms with Gasteiger partial charge in [0.15, 0.2) is 0 Å². The number of hydrogen-bond donors (Lipinski definition) is 1. The summed E-state index contributed by atoms with van der Waals surface area (Å²) in [6, 6.07) is 16.1. The van der Waals surface area contributed by atoms with E-state index >= 15 is 0 Å². The Balaban J connectivity index is 1.56. The van der Waals surface area contributed by atoms with E-state index in [9.17, 15) is 17.6 Å². The maximum atomic E-state index is 13.9. The molecule has 1 aromatic heterocycles. The fourth-order valence-corrected chi connectivity index (χ4v) is 5.73. The molecule has 0 bridgehead atoms. The maximum Gasteiger partial charge on any atom is 0.242 e. The van der Waals surface area contributed by atoms with Gasteiger partial charge in [-0.2, -0.15) is 4.31 Å². The second-order valence-corrected chi connectivity index (χ2v) is 11.9. The SMILES string of the molecule is CN(C)CCN(C)S(=O)(=O)c1ccc(N=C(c2ccc3c(c2)ncn3C)C2C(=O)Nc3cc(F)ccc32)cc1. The molecule has 39 heavy (non-hydrogen) atoms.